The van der Waals surface area contributed by atoms with Crippen LogP contribution in [0.4, 0.5) is 16.2 Å². The van der Waals surface area contributed by atoms with Gasteiger partial charge in [-0.15, -0.1) is 0 Å². The summed E-state index contributed by atoms with van der Waals surface area (Å²) in [5.74, 6) is 0.278. The van der Waals surface area contributed by atoms with Crippen molar-refractivity contribution >= 4 is 34.9 Å². The minimum atomic E-state index is -0.850. The molecular weight excluding hydrogens is 414 g/mol. The number of carbonyl (C=O) groups is 2. The van der Waals surface area contributed by atoms with Gasteiger partial charge >= 0.3 is 6.03 Å². The maximum Gasteiger partial charge on any atom is 0.320 e. The average Bonchev–Trinajstić information content (AvgIpc) is 3.22. The second-order valence-corrected chi connectivity index (χ2v) is 7.59. The van der Waals surface area contributed by atoms with Crippen molar-refractivity contribution < 1.29 is 14.3 Å². The van der Waals surface area contributed by atoms with Gasteiger partial charge in [-0.3, -0.25) is 4.79 Å². The number of hydrogen-bond acceptors (Lipinski definition) is 3. The molecule has 1 unspecified atom stereocenters. The van der Waals surface area contributed by atoms with Crippen LogP contribution in [0.2, 0.25) is 5.02 Å². The molecule has 1 heterocycles. The quantitative estimate of drug-likeness (QED) is 0.604. The highest BCUT2D eigenvalue weighted by molar-refractivity contribution is 6.31. The molecule has 1 atom stereocenters. The first-order valence-electron chi connectivity index (χ1n) is 9.92. The zero-order chi connectivity index (χ0) is 21.8. The van der Waals surface area contributed by atoms with E-state index in [1.54, 1.807) is 23.1 Å². The van der Waals surface area contributed by atoms with E-state index in [0.717, 1.165) is 17.7 Å². The third-order valence-corrected chi connectivity index (χ3v) is 5.45. The van der Waals surface area contributed by atoms with Crippen molar-refractivity contribution in [2.45, 2.75) is 12.5 Å². The van der Waals surface area contributed by atoms with Gasteiger partial charge in [0.15, 0.2) is 0 Å². The topological polar surface area (TPSA) is 70.7 Å². The number of para-hydroxylation sites is 1. The number of urea groups is 1. The number of carbonyl (C=O) groups excluding carboxylic acids is 2. The smallest absolute Gasteiger partial charge is 0.320 e. The Morgan fingerprint density at radius 3 is 2.55 bits per heavy atom. The second-order valence-electron chi connectivity index (χ2n) is 7.16. The third kappa shape index (κ3) is 4.49. The monoisotopic (exact) mass is 435 g/mol. The van der Waals surface area contributed by atoms with Gasteiger partial charge in [-0.1, -0.05) is 60.1 Å². The Labute approximate surface area is 185 Å². The molecule has 1 aliphatic heterocycles. The Morgan fingerprint density at radius 1 is 1.03 bits per heavy atom. The van der Waals surface area contributed by atoms with Crippen molar-refractivity contribution in [1.29, 1.82) is 0 Å². The van der Waals surface area contributed by atoms with Gasteiger partial charge in [-0.25, -0.2) is 4.79 Å². The molecule has 31 heavy (non-hydrogen) atoms. The van der Waals surface area contributed by atoms with Crippen LogP contribution in [0, 0.1) is 0 Å². The van der Waals surface area contributed by atoms with Gasteiger partial charge in [0.25, 0.3) is 5.91 Å². The number of anilines is 2. The van der Waals surface area contributed by atoms with Gasteiger partial charge in [0.05, 0.1) is 12.8 Å². The van der Waals surface area contributed by atoms with Crippen LogP contribution in [0.15, 0.2) is 72.8 Å². The second kappa shape index (κ2) is 9.10. The highest BCUT2D eigenvalue weighted by Crippen LogP contribution is 2.31. The van der Waals surface area contributed by atoms with Crippen molar-refractivity contribution in [1.82, 2.24) is 5.32 Å². The molecule has 3 aromatic rings. The van der Waals surface area contributed by atoms with Gasteiger partial charge in [0, 0.05) is 17.3 Å². The summed E-state index contributed by atoms with van der Waals surface area (Å²) in [5, 5.41) is 6.02. The lowest BCUT2D eigenvalue weighted by molar-refractivity contribution is -0.120. The summed E-state index contributed by atoms with van der Waals surface area (Å²) in [6.45, 7) is 0.576. The first-order chi connectivity index (χ1) is 15.1. The van der Waals surface area contributed by atoms with E-state index in [1.165, 1.54) is 7.11 Å². The molecule has 3 amide bonds. The van der Waals surface area contributed by atoms with Crippen LogP contribution >= 0.6 is 11.6 Å². The Bertz CT molecular complexity index is 1100. The van der Waals surface area contributed by atoms with E-state index in [0.29, 0.717) is 28.6 Å². The predicted molar refractivity (Wildman–Crippen MR) is 122 cm³/mol. The van der Waals surface area contributed by atoms with Crippen molar-refractivity contribution in [2.24, 2.45) is 0 Å². The number of rotatable bonds is 5. The molecule has 2 N–H and O–H groups in total. The summed E-state index contributed by atoms with van der Waals surface area (Å²) in [7, 11) is 1.51. The highest BCUT2D eigenvalue weighted by Gasteiger charge is 2.32. The molecule has 0 spiro atoms. The van der Waals surface area contributed by atoms with Gasteiger partial charge in [-0.05, 0) is 41.8 Å². The molecule has 6 nitrogen and oxygen atoms in total. The summed E-state index contributed by atoms with van der Waals surface area (Å²) in [5.41, 5.74) is 3.12. The largest absolute Gasteiger partial charge is 0.495 e. The zero-order valence-electron chi connectivity index (χ0n) is 17.0. The Morgan fingerprint density at radius 2 is 1.77 bits per heavy atom. The Hall–Kier alpha value is -3.51. The minimum absolute atomic E-state index is 0.190. The van der Waals surface area contributed by atoms with Gasteiger partial charge in [0.2, 0.25) is 0 Å². The SMILES string of the molecule is COc1ccc(Cl)cc1NC(=O)NC(C(=O)N1CCc2ccccc21)c1ccccc1. The summed E-state index contributed by atoms with van der Waals surface area (Å²) >= 11 is 6.06. The number of nitrogens with one attached hydrogen (secondary N) is 2. The molecule has 0 aliphatic carbocycles. The molecule has 0 radical (unpaired) electrons. The van der Waals surface area contributed by atoms with E-state index in [-0.39, 0.29) is 5.91 Å². The van der Waals surface area contributed by atoms with Crippen molar-refractivity contribution in [3.8, 4) is 5.75 Å². The maximum atomic E-state index is 13.5. The summed E-state index contributed by atoms with van der Waals surface area (Å²) in [4.78, 5) is 28.1. The van der Waals surface area contributed by atoms with E-state index in [1.807, 2.05) is 54.6 Å². The minimum Gasteiger partial charge on any atom is -0.495 e. The van der Waals surface area contributed by atoms with Crippen LogP contribution in [0.1, 0.15) is 17.2 Å². The Kier molecular flexibility index (Phi) is 6.09. The van der Waals surface area contributed by atoms with Crippen LogP contribution in [-0.4, -0.2) is 25.6 Å². The van der Waals surface area contributed by atoms with Crippen LogP contribution in [0.3, 0.4) is 0 Å². The number of fused-ring (bicyclic) bond motifs is 1. The normalized spacial score (nSPS) is 13.3. The predicted octanol–water partition coefficient (Wildman–Crippen LogP) is 4.80. The molecule has 4 rings (SSSR count). The van der Waals surface area contributed by atoms with Gasteiger partial charge in [-0.2, -0.15) is 0 Å². The highest BCUT2D eigenvalue weighted by atomic mass is 35.5. The van der Waals surface area contributed by atoms with Crippen LogP contribution in [0.5, 0.6) is 5.75 Å². The lowest BCUT2D eigenvalue weighted by atomic mass is 10.1. The lowest BCUT2D eigenvalue weighted by Gasteiger charge is -2.25. The van der Waals surface area contributed by atoms with Crippen molar-refractivity contribution in [3.05, 3.63) is 88.9 Å². The van der Waals surface area contributed by atoms with E-state index in [4.69, 9.17) is 16.3 Å². The van der Waals surface area contributed by atoms with Crippen LogP contribution in [0.25, 0.3) is 0 Å². The summed E-state index contributed by atoms with van der Waals surface area (Å²) in [6.07, 6.45) is 0.787. The molecule has 158 valence electrons. The number of hydrogen-bond donors (Lipinski definition) is 2. The number of benzene rings is 3. The molecule has 0 saturated heterocycles. The summed E-state index contributed by atoms with van der Waals surface area (Å²) in [6, 6.07) is 20.6. The van der Waals surface area contributed by atoms with Crippen LogP contribution in [-0.2, 0) is 11.2 Å². The fourth-order valence-corrected chi connectivity index (χ4v) is 3.90. The first-order valence-corrected chi connectivity index (χ1v) is 10.3. The fraction of sp³-hybridized carbons (Fsp3) is 0.167. The standard InChI is InChI=1S/C24H22ClN3O3/c1-31-21-12-11-18(25)15-19(21)26-24(30)27-22(17-8-3-2-4-9-17)23(29)28-14-13-16-7-5-6-10-20(16)28/h2-12,15,22H,13-14H2,1H3,(H2,26,27,30). The molecule has 0 aromatic heterocycles. The van der Waals surface area contributed by atoms with Crippen molar-refractivity contribution in [3.63, 3.8) is 0 Å². The van der Waals surface area contributed by atoms with Crippen molar-refractivity contribution in [2.75, 3.05) is 23.9 Å². The number of ether oxygens (including phenoxy) is 1. The molecular formula is C24H22ClN3O3. The maximum absolute atomic E-state index is 13.5. The number of nitrogens with zero attached hydrogens (tertiary/aromatic N) is 1. The lowest BCUT2D eigenvalue weighted by Crippen LogP contribution is -2.43. The molecule has 0 fully saturated rings. The zero-order valence-corrected chi connectivity index (χ0v) is 17.7. The third-order valence-electron chi connectivity index (χ3n) is 5.22. The molecule has 1 aliphatic rings. The number of amides is 3. The number of halogens is 1. The van der Waals surface area contributed by atoms with E-state index >= 15 is 0 Å². The summed E-state index contributed by atoms with van der Waals surface area (Å²) < 4.78 is 5.28. The van der Waals surface area contributed by atoms with Crippen LogP contribution < -0.4 is 20.3 Å². The van der Waals surface area contributed by atoms with E-state index in [9.17, 15) is 9.59 Å². The average molecular weight is 436 g/mol. The van der Waals surface area contributed by atoms with Gasteiger partial charge < -0.3 is 20.3 Å². The number of methoxy groups -OCH3 is 1. The molecule has 3 aromatic carbocycles. The molecule has 0 bridgehead atoms. The fourth-order valence-electron chi connectivity index (χ4n) is 3.72. The van der Waals surface area contributed by atoms with E-state index in [2.05, 4.69) is 10.6 Å². The molecule has 7 heteroatoms. The van der Waals surface area contributed by atoms with E-state index < -0.39 is 12.1 Å². The first kappa shape index (κ1) is 20.8. The molecule has 0 saturated carbocycles. The van der Waals surface area contributed by atoms with Gasteiger partial charge in [0.1, 0.15) is 11.8 Å². The Balaban J connectivity index is 1.59.